The largest absolute Gasteiger partial charge is 0.481 e. The Bertz CT molecular complexity index is 831. The van der Waals surface area contributed by atoms with Crippen LogP contribution in [0, 0.1) is 29.6 Å². The lowest BCUT2D eigenvalue weighted by molar-refractivity contribution is -0.148. The number of ether oxygens (including phenoxy) is 1. The summed E-state index contributed by atoms with van der Waals surface area (Å²) in [6, 6.07) is 0. The first-order chi connectivity index (χ1) is 13.9. The van der Waals surface area contributed by atoms with Crippen molar-refractivity contribution in [2.45, 2.75) is 58.8 Å². The van der Waals surface area contributed by atoms with E-state index in [1.165, 1.54) is 11.3 Å². The minimum atomic E-state index is -0.876. The van der Waals surface area contributed by atoms with Crippen molar-refractivity contribution < 1.29 is 24.2 Å². The number of carbonyl (C=O) groups excluding carboxylic acids is 2. The van der Waals surface area contributed by atoms with E-state index >= 15 is 0 Å². The smallest absolute Gasteiger partial charge is 0.341 e. The SMILES string of the molecule is CCCOC(=O)c1c(NC(=O)[C@@H]2[C@@H]3CC[C@H](C3)[C@@H]2C(=O)O)sc2c1CC[C@@H](C)C2. The quantitative estimate of drug-likeness (QED) is 0.677. The number of hydrogen-bond acceptors (Lipinski definition) is 5. The minimum Gasteiger partial charge on any atom is -0.481 e. The summed E-state index contributed by atoms with van der Waals surface area (Å²) in [6.45, 7) is 4.49. The number of anilines is 1. The molecule has 3 aliphatic rings. The molecule has 0 unspecified atom stereocenters. The average Bonchev–Trinajstić information content (AvgIpc) is 3.37. The predicted molar refractivity (Wildman–Crippen MR) is 110 cm³/mol. The van der Waals surface area contributed by atoms with E-state index in [4.69, 9.17) is 4.74 Å². The van der Waals surface area contributed by atoms with Gasteiger partial charge in [0, 0.05) is 4.88 Å². The second kappa shape index (κ2) is 8.09. The number of hydrogen-bond donors (Lipinski definition) is 2. The Balaban J connectivity index is 1.61. The monoisotopic (exact) mass is 419 g/mol. The lowest BCUT2D eigenvalue weighted by Crippen LogP contribution is -2.38. The molecule has 1 aromatic heterocycles. The third kappa shape index (κ3) is 3.69. The van der Waals surface area contributed by atoms with Gasteiger partial charge < -0.3 is 15.2 Å². The molecule has 2 N–H and O–H groups in total. The highest BCUT2D eigenvalue weighted by Gasteiger charge is 2.54. The number of carbonyl (C=O) groups is 3. The zero-order valence-corrected chi connectivity index (χ0v) is 17.8. The number of rotatable bonds is 6. The lowest BCUT2D eigenvalue weighted by atomic mass is 9.78. The lowest BCUT2D eigenvalue weighted by Gasteiger charge is -2.27. The fraction of sp³-hybridized carbons (Fsp3) is 0.682. The van der Waals surface area contributed by atoms with Crippen molar-refractivity contribution in [2.24, 2.45) is 29.6 Å². The predicted octanol–water partition coefficient (Wildman–Crippen LogP) is 4.13. The molecule has 2 saturated carbocycles. The number of carboxylic acid groups (broad SMARTS) is 1. The third-order valence-corrected chi connectivity index (χ3v) is 8.06. The number of thiophene rings is 1. The van der Waals surface area contributed by atoms with Gasteiger partial charge in [-0.3, -0.25) is 9.59 Å². The maximum Gasteiger partial charge on any atom is 0.341 e. The molecular weight excluding hydrogens is 390 g/mol. The summed E-state index contributed by atoms with van der Waals surface area (Å²) in [5.41, 5.74) is 1.50. The van der Waals surface area contributed by atoms with Crippen molar-refractivity contribution in [3.05, 3.63) is 16.0 Å². The Morgan fingerprint density at radius 3 is 2.59 bits per heavy atom. The van der Waals surface area contributed by atoms with Crippen LogP contribution in [-0.4, -0.2) is 29.6 Å². The van der Waals surface area contributed by atoms with Gasteiger partial charge in [0.05, 0.1) is 24.0 Å². The van der Waals surface area contributed by atoms with E-state index in [1.807, 2.05) is 6.92 Å². The van der Waals surface area contributed by atoms with Crippen molar-refractivity contribution >= 4 is 34.2 Å². The number of fused-ring (bicyclic) bond motifs is 3. The summed E-state index contributed by atoms with van der Waals surface area (Å²) in [5.74, 6) is -1.85. The Hall–Kier alpha value is -1.89. The second-order valence-electron chi connectivity index (χ2n) is 8.90. The van der Waals surface area contributed by atoms with Crippen LogP contribution in [0.4, 0.5) is 5.00 Å². The highest BCUT2D eigenvalue weighted by molar-refractivity contribution is 7.17. The molecule has 0 spiro atoms. The fourth-order valence-electron chi connectivity index (χ4n) is 5.54. The zero-order valence-electron chi connectivity index (χ0n) is 17.0. The van der Waals surface area contributed by atoms with Gasteiger partial charge in [-0.25, -0.2) is 4.79 Å². The standard InChI is InChI=1S/C22H29NO5S/c1-3-8-28-22(27)18-14-7-4-11(2)9-15(14)29-20(18)23-19(24)16-12-5-6-13(10-12)17(16)21(25)26/h11-13,16-17H,3-10H2,1-2H3,(H,23,24)(H,25,26)/t11-,12-,13-,16-,17+/m1/s1. The normalized spacial score (nSPS) is 30.1. The van der Waals surface area contributed by atoms with Gasteiger partial charge in [-0.05, 0) is 68.3 Å². The van der Waals surface area contributed by atoms with Crippen LogP contribution >= 0.6 is 11.3 Å². The molecule has 5 atom stereocenters. The molecule has 0 aromatic carbocycles. The molecule has 2 fully saturated rings. The van der Waals surface area contributed by atoms with Crippen LogP contribution in [0.1, 0.15) is 66.8 Å². The van der Waals surface area contributed by atoms with Gasteiger partial charge in [0.15, 0.2) is 0 Å². The van der Waals surface area contributed by atoms with Crippen LogP contribution in [-0.2, 0) is 27.2 Å². The molecule has 2 bridgehead atoms. The van der Waals surface area contributed by atoms with E-state index < -0.39 is 17.8 Å². The highest BCUT2D eigenvalue weighted by atomic mass is 32.1. The van der Waals surface area contributed by atoms with Crippen molar-refractivity contribution in [3.8, 4) is 0 Å². The van der Waals surface area contributed by atoms with Crippen LogP contribution in [0.3, 0.4) is 0 Å². The molecule has 6 nitrogen and oxygen atoms in total. The van der Waals surface area contributed by atoms with E-state index in [-0.39, 0.29) is 23.7 Å². The van der Waals surface area contributed by atoms with E-state index in [1.54, 1.807) is 0 Å². The molecule has 1 heterocycles. The van der Waals surface area contributed by atoms with Gasteiger partial charge in [0.25, 0.3) is 0 Å². The molecule has 0 saturated heterocycles. The van der Waals surface area contributed by atoms with Gasteiger partial charge in [0.2, 0.25) is 5.91 Å². The number of carboxylic acids is 1. The Morgan fingerprint density at radius 1 is 1.17 bits per heavy atom. The summed E-state index contributed by atoms with van der Waals surface area (Å²) in [7, 11) is 0. The molecule has 4 rings (SSSR count). The molecule has 158 valence electrons. The van der Waals surface area contributed by atoms with Crippen molar-refractivity contribution in [3.63, 3.8) is 0 Å². The molecule has 7 heteroatoms. The second-order valence-corrected chi connectivity index (χ2v) is 10.0. The van der Waals surface area contributed by atoms with Gasteiger partial charge in [-0.1, -0.05) is 13.8 Å². The molecule has 0 aliphatic heterocycles. The van der Waals surface area contributed by atoms with Gasteiger partial charge >= 0.3 is 11.9 Å². The Kier molecular flexibility index (Phi) is 5.69. The van der Waals surface area contributed by atoms with E-state index in [9.17, 15) is 19.5 Å². The molecule has 1 amide bonds. The van der Waals surface area contributed by atoms with Crippen molar-refractivity contribution in [1.29, 1.82) is 0 Å². The minimum absolute atomic E-state index is 0.0969. The summed E-state index contributed by atoms with van der Waals surface area (Å²) < 4.78 is 5.41. The first-order valence-electron chi connectivity index (χ1n) is 10.8. The van der Waals surface area contributed by atoms with Gasteiger partial charge in [-0.2, -0.15) is 0 Å². The molecular formula is C22H29NO5S. The Labute approximate surface area is 175 Å². The van der Waals surface area contributed by atoms with Crippen LogP contribution in [0.15, 0.2) is 0 Å². The summed E-state index contributed by atoms with van der Waals surface area (Å²) >= 11 is 1.46. The first kappa shape index (κ1) is 20.4. The van der Waals surface area contributed by atoms with Crippen LogP contribution in [0.2, 0.25) is 0 Å². The topological polar surface area (TPSA) is 92.7 Å². The maximum absolute atomic E-state index is 13.2. The van der Waals surface area contributed by atoms with Crippen molar-refractivity contribution in [2.75, 3.05) is 11.9 Å². The molecule has 1 aromatic rings. The summed E-state index contributed by atoms with van der Waals surface area (Å²) in [6.07, 6.45) is 6.09. The number of aliphatic carboxylic acids is 1. The fourth-order valence-corrected chi connectivity index (χ4v) is 6.94. The van der Waals surface area contributed by atoms with Crippen LogP contribution in [0.5, 0.6) is 0 Å². The average molecular weight is 420 g/mol. The zero-order chi connectivity index (χ0) is 20.7. The molecule has 0 radical (unpaired) electrons. The maximum atomic E-state index is 13.2. The number of amides is 1. The van der Waals surface area contributed by atoms with Crippen LogP contribution in [0.25, 0.3) is 0 Å². The highest BCUT2D eigenvalue weighted by Crippen LogP contribution is 2.53. The Morgan fingerprint density at radius 2 is 1.90 bits per heavy atom. The number of nitrogens with one attached hydrogen (secondary N) is 1. The van der Waals surface area contributed by atoms with Gasteiger partial charge in [-0.15, -0.1) is 11.3 Å². The van der Waals surface area contributed by atoms with Crippen LogP contribution < -0.4 is 5.32 Å². The van der Waals surface area contributed by atoms with E-state index in [2.05, 4.69) is 12.2 Å². The molecule has 3 aliphatic carbocycles. The van der Waals surface area contributed by atoms with E-state index in [0.717, 1.165) is 55.4 Å². The van der Waals surface area contributed by atoms with Gasteiger partial charge in [0.1, 0.15) is 5.00 Å². The van der Waals surface area contributed by atoms with E-state index in [0.29, 0.717) is 23.1 Å². The third-order valence-electron chi connectivity index (χ3n) is 6.89. The molecule has 29 heavy (non-hydrogen) atoms. The summed E-state index contributed by atoms with van der Waals surface area (Å²) in [5, 5.41) is 13.2. The van der Waals surface area contributed by atoms with Crippen molar-refractivity contribution in [1.82, 2.24) is 0 Å². The number of esters is 1. The summed E-state index contributed by atoms with van der Waals surface area (Å²) in [4.78, 5) is 38.9. The first-order valence-corrected chi connectivity index (χ1v) is 11.6.